The molecule has 386 valence electrons. The largest absolute Gasteiger partial charge is 0.357 e. The number of benzene rings is 5. The summed E-state index contributed by atoms with van der Waals surface area (Å²) in [6.07, 6.45) is 3.24. The lowest BCUT2D eigenvalue weighted by Crippen LogP contribution is -2.39. The Balaban J connectivity index is 0.000000238. The van der Waals surface area contributed by atoms with Crippen LogP contribution in [0.1, 0.15) is 78.5 Å². The molecule has 75 heavy (non-hydrogen) atoms. The number of non-ortho nitro benzene ring substituents is 3. The second-order valence-electron chi connectivity index (χ2n) is 16.5. The van der Waals surface area contributed by atoms with Crippen LogP contribution in [0, 0.1) is 36.2 Å². The van der Waals surface area contributed by atoms with E-state index >= 15 is 0 Å². The van der Waals surface area contributed by atoms with E-state index in [2.05, 4.69) is 42.8 Å². The number of H-pyrrole nitrogens is 1. The number of aromatic nitrogens is 3. The lowest BCUT2D eigenvalue weighted by molar-refractivity contribution is -0.385. The number of allylic oxidation sites excluding steroid dienone is 1. The summed E-state index contributed by atoms with van der Waals surface area (Å²) in [4.78, 5) is 75.2. The van der Waals surface area contributed by atoms with Gasteiger partial charge in [0.05, 0.1) is 34.4 Å². The highest BCUT2D eigenvalue weighted by molar-refractivity contribution is 9.08. The fraction of sp³-hybridized carbons (Fsp3) is 0.192. The Hall–Kier alpha value is -9.18. The summed E-state index contributed by atoms with van der Waals surface area (Å²) in [5.74, 6) is -0.992. The van der Waals surface area contributed by atoms with Crippen molar-refractivity contribution in [3.05, 3.63) is 255 Å². The van der Waals surface area contributed by atoms with Gasteiger partial charge in [-0.15, -0.1) is 0 Å². The van der Waals surface area contributed by atoms with E-state index in [1.54, 1.807) is 76.4 Å². The molecule has 8 rings (SSSR count). The number of ketones is 1. The molecule has 0 saturated carbocycles. The number of aromatic amines is 1. The second kappa shape index (κ2) is 28.2. The van der Waals surface area contributed by atoms with Gasteiger partial charge in [-0.2, -0.15) is 5.10 Å². The Morgan fingerprint density at radius 2 is 1.41 bits per heavy atom. The molecule has 1 aliphatic rings. The first-order valence-corrected chi connectivity index (χ1v) is 23.9. The van der Waals surface area contributed by atoms with E-state index in [-0.39, 0.29) is 78.1 Å². The Labute approximate surface area is 437 Å². The van der Waals surface area contributed by atoms with Crippen molar-refractivity contribution >= 4 is 50.6 Å². The first-order valence-electron chi connectivity index (χ1n) is 22.8. The highest BCUT2D eigenvalue weighted by Crippen LogP contribution is 2.32. The molecule has 1 atom stereocenters. The monoisotopic (exact) mass is 1080 g/mol. The van der Waals surface area contributed by atoms with Gasteiger partial charge in [0.2, 0.25) is 0 Å². The number of hydrogen-bond donors (Lipinski definition) is 3. The molecule has 2 amide bonds. The molecule has 2 aromatic heterocycles. The Bertz CT molecular complexity index is 3140. The van der Waals surface area contributed by atoms with Crippen molar-refractivity contribution < 1.29 is 33.5 Å². The number of alkyl halides is 1. The van der Waals surface area contributed by atoms with Crippen molar-refractivity contribution in [2.24, 2.45) is 10.8 Å². The number of nitrogens with one attached hydrogen (secondary N) is 2. The molecular formula is C52H50BrFN12O9. The van der Waals surface area contributed by atoms with E-state index in [1.165, 1.54) is 48.5 Å². The third kappa shape index (κ3) is 17.0. The van der Waals surface area contributed by atoms with Crippen LogP contribution in [0.15, 0.2) is 157 Å². The molecule has 21 nitrogen and oxygen atoms in total. The van der Waals surface area contributed by atoms with Crippen molar-refractivity contribution in [2.75, 3.05) is 6.54 Å². The Kier molecular flexibility index (Phi) is 21.3. The predicted octanol–water partition coefficient (Wildman–Crippen LogP) is 10.3. The average molecular weight is 1090 g/mol. The molecule has 0 spiro atoms. The van der Waals surface area contributed by atoms with Crippen LogP contribution < -0.4 is 11.1 Å². The number of nitrogens with zero attached hydrogens (tertiary/aromatic N) is 9. The molecule has 23 heteroatoms. The van der Waals surface area contributed by atoms with Crippen molar-refractivity contribution in [1.29, 1.82) is 0 Å². The summed E-state index contributed by atoms with van der Waals surface area (Å²) in [5.41, 5.74) is 20.7. The van der Waals surface area contributed by atoms with E-state index in [9.17, 15) is 49.1 Å². The zero-order chi connectivity index (χ0) is 54.4. The van der Waals surface area contributed by atoms with Gasteiger partial charge < -0.3 is 20.9 Å². The highest BCUT2D eigenvalue weighted by atomic mass is 79.9. The molecule has 3 heterocycles. The quantitative estimate of drug-likeness (QED) is 0.0155. The summed E-state index contributed by atoms with van der Waals surface area (Å²) in [5, 5.41) is 42.4. The van der Waals surface area contributed by atoms with Crippen molar-refractivity contribution in [3.8, 4) is 0 Å². The number of hydrogen-bond acceptors (Lipinski definition) is 12. The maximum absolute atomic E-state index is 13.5. The summed E-state index contributed by atoms with van der Waals surface area (Å²) < 4.78 is 15.3. The molecule has 1 unspecified atom stereocenters. The molecular weight excluding hydrogens is 1040 g/mol. The Morgan fingerprint density at radius 1 is 0.840 bits per heavy atom. The highest BCUT2D eigenvalue weighted by Gasteiger charge is 2.34. The first-order chi connectivity index (χ1) is 36.0. The minimum absolute atomic E-state index is 0.00522. The van der Waals surface area contributed by atoms with Crippen LogP contribution in [0.2, 0.25) is 0 Å². The molecule has 0 saturated heterocycles. The van der Waals surface area contributed by atoms with Crippen LogP contribution in [0.3, 0.4) is 0 Å². The van der Waals surface area contributed by atoms with Crippen molar-refractivity contribution in [3.63, 3.8) is 0 Å². The maximum atomic E-state index is 13.5. The Morgan fingerprint density at radius 3 is 1.99 bits per heavy atom. The second-order valence-corrected chi connectivity index (χ2v) is 17.1. The number of nitro benzene ring substituents is 3. The smallest absolute Gasteiger partial charge is 0.272 e. The number of rotatable bonds is 16. The van der Waals surface area contributed by atoms with E-state index in [0.29, 0.717) is 41.8 Å². The maximum Gasteiger partial charge on any atom is 0.272 e. The number of carbonyl (C=O) groups is 3. The molecule has 1 aliphatic heterocycles. The number of nitro groups is 3. The number of halogens is 2. The van der Waals surface area contributed by atoms with Gasteiger partial charge in [-0.3, -0.25) is 49.4 Å². The molecule has 5 aromatic carbocycles. The minimum atomic E-state index is -0.487. The van der Waals surface area contributed by atoms with Crippen LogP contribution in [0.4, 0.5) is 21.5 Å². The predicted molar refractivity (Wildman–Crippen MR) is 281 cm³/mol. The molecule has 0 radical (unpaired) electrons. The van der Waals surface area contributed by atoms with Gasteiger partial charge in [0.1, 0.15) is 11.5 Å². The summed E-state index contributed by atoms with van der Waals surface area (Å²) in [6, 6.07) is 36.0. The summed E-state index contributed by atoms with van der Waals surface area (Å²) in [7, 11) is 0. The number of fused-ring (bicyclic) bond motifs is 1. The van der Waals surface area contributed by atoms with Crippen LogP contribution in [0.5, 0.6) is 0 Å². The van der Waals surface area contributed by atoms with Crippen molar-refractivity contribution in [1.82, 2.24) is 25.0 Å². The standard InChI is InChI=1S/C31H30FN5O3.C7H6BrNO2.C7H6N4O2.C7H8N2O2/c1-3-25(38)15-22-6-4-7-23(14-22)16-34-30(39)28-26-19-36(31(40)27-8-5-13-33-27)17-20(2)29(26)37(35-28)18-21-9-11-24(32)12-10-21;8-5-6-2-1-3-7(4-6)9(10)11;8-10-9-5-6-2-1-3-7(4-6)11(12)13;8-5-6-2-1-3-7(4-6)9(10)11/h3-14,20,33H,1,15-19H2,2H3,(H,34,39);1-4H,5H2;1-4H,5H2;1-4H,5,8H2. The van der Waals surface area contributed by atoms with Crippen LogP contribution in [-0.2, 0) is 49.3 Å². The number of amides is 2. The third-order valence-electron chi connectivity index (χ3n) is 11.1. The van der Waals surface area contributed by atoms with Gasteiger partial charge >= 0.3 is 0 Å². The topological polar surface area (TPSA) is 304 Å². The fourth-order valence-corrected chi connectivity index (χ4v) is 7.92. The van der Waals surface area contributed by atoms with E-state index < -0.39 is 14.8 Å². The molecule has 4 N–H and O–H groups in total. The summed E-state index contributed by atoms with van der Waals surface area (Å²) in [6.45, 7) is 7.32. The normalized spacial score (nSPS) is 12.1. The average Bonchev–Trinajstić information content (AvgIpc) is 4.10. The van der Waals surface area contributed by atoms with Gasteiger partial charge in [0.25, 0.3) is 28.9 Å². The van der Waals surface area contributed by atoms with Crippen molar-refractivity contribution in [2.45, 2.75) is 57.3 Å². The lowest BCUT2D eigenvalue weighted by Gasteiger charge is -2.32. The first kappa shape index (κ1) is 56.7. The van der Waals surface area contributed by atoms with Gasteiger partial charge in [-0.05, 0) is 69.3 Å². The third-order valence-corrected chi connectivity index (χ3v) is 11.7. The molecule has 7 aromatic rings. The van der Waals surface area contributed by atoms with Gasteiger partial charge in [-0.1, -0.05) is 107 Å². The van der Waals surface area contributed by atoms with Crippen LogP contribution in [0.25, 0.3) is 10.4 Å². The molecule has 0 aliphatic carbocycles. The summed E-state index contributed by atoms with van der Waals surface area (Å²) >= 11 is 3.22. The minimum Gasteiger partial charge on any atom is -0.357 e. The van der Waals surface area contributed by atoms with Gasteiger partial charge in [0, 0.05) is 96.1 Å². The number of nitrogens with two attached hydrogens (primary N) is 1. The van der Waals surface area contributed by atoms with Gasteiger partial charge in [0.15, 0.2) is 11.5 Å². The fourth-order valence-electron chi connectivity index (χ4n) is 7.57. The molecule has 0 fully saturated rings. The van der Waals surface area contributed by atoms with Gasteiger partial charge in [-0.25, -0.2) is 4.39 Å². The number of carbonyl (C=O) groups excluding carboxylic acids is 3. The lowest BCUT2D eigenvalue weighted by atomic mass is 9.95. The SMILES string of the molecule is C=CC(=O)Cc1cccc(CNC(=O)c2nn(Cc3ccc(F)cc3)c3c2CN(C(=O)c2ccc[nH]2)CC3C)c1.NCc1cccc([N+](=O)[O-])c1.O=[N+]([O-])c1cccc(CBr)c1.[N-]=[N+]=NCc1cccc([N+](=O)[O-])c1. The van der Waals surface area contributed by atoms with E-state index in [4.69, 9.17) is 16.4 Å². The van der Waals surface area contributed by atoms with E-state index in [1.807, 2.05) is 37.3 Å². The number of azide groups is 1. The van der Waals surface area contributed by atoms with E-state index in [0.717, 1.165) is 33.5 Å². The zero-order valence-corrected chi connectivity index (χ0v) is 41.9. The zero-order valence-electron chi connectivity index (χ0n) is 40.3. The molecule has 0 bridgehead atoms. The van der Waals surface area contributed by atoms with Crippen LogP contribution >= 0.6 is 15.9 Å². The van der Waals surface area contributed by atoms with Crippen LogP contribution in [-0.4, -0.2) is 58.6 Å².